The lowest BCUT2D eigenvalue weighted by atomic mass is 9.94. The number of rotatable bonds is 4. The van der Waals surface area contributed by atoms with Crippen molar-refractivity contribution in [3.63, 3.8) is 0 Å². The molecule has 1 N–H and O–H groups in total. The van der Waals surface area contributed by atoms with Crippen molar-refractivity contribution in [2.24, 2.45) is 0 Å². The largest absolute Gasteiger partial charge is 0.306 e. The van der Waals surface area contributed by atoms with Crippen molar-refractivity contribution in [3.05, 3.63) is 71.7 Å². The number of aryl methyl sites for hydroxylation is 1. The summed E-state index contributed by atoms with van der Waals surface area (Å²) in [5, 5.41) is 4.77. The summed E-state index contributed by atoms with van der Waals surface area (Å²) >= 11 is 0. The molecular weight excluding hydrogens is 258 g/mol. The Hall–Kier alpha value is -2.26. The van der Waals surface area contributed by atoms with E-state index in [0.29, 0.717) is 0 Å². The highest BCUT2D eigenvalue weighted by Crippen LogP contribution is 2.29. The molecule has 0 saturated carbocycles. The maximum absolute atomic E-state index is 4.46. The molecule has 3 nitrogen and oxygen atoms in total. The maximum atomic E-state index is 4.46. The van der Waals surface area contributed by atoms with Crippen molar-refractivity contribution >= 4 is 10.9 Å². The third-order valence-electron chi connectivity index (χ3n) is 3.79. The molecule has 2 aromatic heterocycles. The lowest BCUT2D eigenvalue weighted by molar-refractivity contribution is 0.629. The molecule has 0 aliphatic rings. The van der Waals surface area contributed by atoms with Crippen molar-refractivity contribution in [2.75, 3.05) is 6.54 Å². The summed E-state index contributed by atoms with van der Waals surface area (Å²) in [5.41, 5.74) is 4.74. The van der Waals surface area contributed by atoms with Gasteiger partial charge in [-0.1, -0.05) is 25.1 Å². The predicted molar refractivity (Wildman–Crippen MR) is 86.2 cm³/mol. The smallest absolute Gasteiger partial charge is 0.0705 e. The van der Waals surface area contributed by atoms with Gasteiger partial charge < -0.3 is 5.32 Å². The summed E-state index contributed by atoms with van der Waals surface area (Å²) in [6.45, 7) is 5.16. The normalized spacial score (nSPS) is 12.5. The molecule has 0 aliphatic carbocycles. The second-order valence-corrected chi connectivity index (χ2v) is 5.14. The molecule has 2 heterocycles. The van der Waals surface area contributed by atoms with Crippen LogP contribution in [-0.4, -0.2) is 16.5 Å². The number of benzene rings is 1. The Morgan fingerprint density at radius 2 is 1.90 bits per heavy atom. The Morgan fingerprint density at radius 3 is 2.71 bits per heavy atom. The van der Waals surface area contributed by atoms with E-state index in [1.807, 2.05) is 24.7 Å². The SMILES string of the molecule is CCNC(c1cnccc1C)c1ccnc2ccccc12. The third-order valence-corrected chi connectivity index (χ3v) is 3.79. The van der Waals surface area contributed by atoms with E-state index in [1.54, 1.807) is 0 Å². The first-order chi connectivity index (χ1) is 10.3. The zero-order valence-corrected chi connectivity index (χ0v) is 12.4. The summed E-state index contributed by atoms with van der Waals surface area (Å²) in [6, 6.07) is 12.6. The summed E-state index contributed by atoms with van der Waals surface area (Å²) < 4.78 is 0. The van der Waals surface area contributed by atoms with Gasteiger partial charge in [-0.2, -0.15) is 0 Å². The van der Waals surface area contributed by atoms with Crippen molar-refractivity contribution in [1.29, 1.82) is 0 Å². The zero-order chi connectivity index (χ0) is 14.7. The van der Waals surface area contributed by atoms with Gasteiger partial charge in [0.1, 0.15) is 0 Å². The van der Waals surface area contributed by atoms with Gasteiger partial charge in [0.05, 0.1) is 11.6 Å². The molecule has 3 rings (SSSR count). The van der Waals surface area contributed by atoms with Crippen LogP contribution in [0.5, 0.6) is 0 Å². The highest BCUT2D eigenvalue weighted by molar-refractivity contribution is 5.82. The van der Waals surface area contributed by atoms with Crippen molar-refractivity contribution in [1.82, 2.24) is 15.3 Å². The van der Waals surface area contributed by atoms with E-state index in [-0.39, 0.29) is 6.04 Å². The number of nitrogens with zero attached hydrogens (tertiary/aromatic N) is 2. The van der Waals surface area contributed by atoms with Crippen LogP contribution in [0, 0.1) is 6.92 Å². The Kier molecular flexibility index (Phi) is 3.93. The van der Waals surface area contributed by atoms with E-state index in [0.717, 1.165) is 12.1 Å². The first kappa shape index (κ1) is 13.7. The van der Waals surface area contributed by atoms with Gasteiger partial charge in [0.2, 0.25) is 0 Å². The van der Waals surface area contributed by atoms with Gasteiger partial charge in [-0.3, -0.25) is 9.97 Å². The molecule has 0 spiro atoms. The van der Waals surface area contributed by atoms with E-state index in [9.17, 15) is 0 Å². The number of para-hydroxylation sites is 1. The van der Waals surface area contributed by atoms with Crippen molar-refractivity contribution < 1.29 is 0 Å². The van der Waals surface area contributed by atoms with E-state index < -0.39 is 0 Å². The zero-order valence-electron chi connectivity index (χ0n) is 12.4. The monoisotopic (exact) mass is 277 g/mol. The fourth-order valence-corrected chi connectivity index (χ4v) is 2.74. The molecule has 106 valence electrons. The number of pyridine rings is 2. The van der Waals surface area contributed by atoms with Gasteiger partial charge in [-0.25, -0.2) is 0 Å². The summed E-state index contributed by atoms with van der Waals surface area (Å²) in [7, 11) is 0. The minimum Gasteiger partial charge on any atom is -0.306 e. The molecular formula is C18H19N3. The second-order valence-electron chi connectivity index (χ2n) is 5.14. The van der Waals surface area contributed by atoms with Crippen LogP contribution < -0.4 is 5.32 Å². The molecule has 0 bridgehead atoms. The number of hydrogen-bond donors (Lipinski definition) is 1. The van der Waals surface area contributed by atoms with Gasteiger partial charge in [-0.15, -0.1) is 0 Å². The van der Waals surface area contributed by atoms with Crippen molar-refractivity contribution in [3.8, 4) is 0 Å². The number of aromatic nitrogens is 2. The topological polar surface area (TPSA) is 37.8 Å². The van der Waals surface area contributed by atoms with Crippen LogP contribution in [0.4, 0.5) is 0 Å². The van der Waals surface area contributed by atoms with Gasteiger partial charge >= 0.3 is 0 Å². The van der Waals surface area contributed by atoms with Crippen LogP contribution in [0.25, 0.3) is 10.9 Å². The first-order valence-electron chi connectivity index (χ1n) is 7.28. The molecule has 1 unspecified atom stereocenters. The molecule has 21 heavy (non-hydrogen) atoms. The van der Waals surface area contributed by atoms with Crippen LogP contribution in [0.15, 0.2) is 55.0 Å². The summed E-state index contributed by atoms with van der Waals surface area (Å²) in [4.78, 5) is 8.76. The molecule has 0 saturated heterocycles. The highest BCUT2D eigenvalue weighted by Gasteiger charge is 2.17. The summed E-state index contributed by atoms with van der Waals surface area (Å²) in [6.07, 6.45) is 5.68. The predicted octanol–water partition coefficient (Wildman–Crippen LogP) is 3.64. The number of fused-ring (bicyclic) bond motifs is 1. The van der Waals surface area contributed by atoms with E-state index in [2.05, 4.69) is 59.5 Å². The van der Waals surface area contributed by atoms with Crippen LogP contribution in [0.1, 0.15) is 29.7 Å². The first-order valence-corrected chi connectivity index (χ1v) is 7.28. The van der Waals surface area contributed by atoms with Gasteiger partial charge in [0.25, 0.3) is 0 Å². The Balaban J connectivity index is 2.19. The Bertz CT molecular complexity index is 747. The lowest BCUT2D eigenvalue weighted by Gasteiger charge is -2.21. The molecule has 0 fully saturated rings. The third kappa shape index (κ3) is 2.65. The molecule has 1 atom stereocenters. The quantitative estimate of drug-likeness (QED) is 0.791. The minimum absolute atomic E-state index is 0.136. The van der Waals surface area contributed by atoms with E-state index >= 15 is 0 Å². The van der Waals surface area contributed by atoms with Crippen LogP contribution in [0.2, 0.25) is 0 Å². The Morgan fingerprint density at radius 1 is 1.05 bits per heavy atom. The molecule has 1 aromatic carbocycles. The highest BCUT2D eigenvalue weighted by atomic mass is 14.9. The average Bonchev–Trinajstić information content (AvgIpc) is 2.53. The minimum atomic E-state index is 0.136. The number of hydrogen-bond acceptors (Lipinski definition) is 3. The Labute approximate surface area is 125 Å². The van der Waals surface area contributed by atoms with Gasteiger partial charge in [-0.05, 0) is 48.4 Å². The molecule has 3 aromatic rings. The standard InChI is InChI=1S/C18H19N3/c1-3-20-18(16-12-19-10-8-13(16)2)15-9-11-21-17-7-5-4-6-14(15)17/h4-12,18,20H,3H2,1-2H3. The van der Waals surface area contributed by atoms with Gasteiger partial charge in [0, 0.05) is 24.0 Å². The van der Waals surface area contributed by atoms with Crippen LogP contribution in [0.3, 0.4) is 0 Å². The van der Waals surface area contributed by atoms with Crippen LogP contribution >= 0.6 is 0 Å². The van der Waals surface area contributed by atoms with Gasteiger partial charge in [0.15, 0.2) is 0 Å². The van der Waals surface area contributed by atoms with E-state index in [1.165, 1.54) is 22.1 Å². The maximum Gasteiger partial charge on any atom is 0.0705 e. The van der Waals surface area contributed by atoms with Crippen molar-refractivity contribution in [2.45, 2.75) is 19.9 Å². The summed E-state index contributed by atoms with van der Waals surface area (Å²) in [5.74, 6) is 0. The van der Waals surface area contributed by atoms with E-state index in [4.69, 9.17) is 0 Å². The fraction of sp³-hybridized carbons (Fsp3) is 0.222. The average molecular weight is 277 g/mol. The molecule has 0 radical (unpaired) electrons. The van der Waals surface area contributed by atoms with Crippen LogP contribution in [-0.2, 0) is 0 Å². The fourth-order valence-electron chi connectivity index (χ4n) is 2.74. The molecule has 0 aliphatic heterocycles. The number of nitrogens with one attached hydrogen (secondary N) is 1. The second kappa shape index (κ2) is 6.02. The molecule has 3 heteroatoms. The lowest BCUT2D eigenvalue weighted by Crippen LogP contribution is -2.23. The molecule has 0 amide bonds.